The second-order valence-electron chi connectivity index (χ2n) is 4.60. The monoisotopic (exact) mass is 295 g/mol. The number of rotatable bonds is 2. The molecule has 5 heteroatoms. The number of aromatic amines is 1. The molecule has 0 fully saturated rings. The fraction of sp³-hybridized carbons (Fsp3) is 0. The average molecular weight is 296 g/mol. The molecule has 0 radical (unpaired) electrons. The molecule has 0 aliphatic carbocycles. The van der Waals surface area contributed by atoms with Gasteiger partial charge in [-0.3, -0.25) is 4.79 Å². The molecule has 1 heterocycles. The van der Waals surface area contributed by atoms with Crippen LogP contribution in [0.5, 0.6) is 0 Å². The van der Waals surface area contributed by atoms with Crippen LogP contribution >= 0.6 is 11.6 Å². The summed E-state index contributed by atoms with van der Waals surface area (Å²) in [7, 11) is 0. The number of aromatic nitrogens is 1. The van der Waals surface area contributed by atoms with E-state index in [0.29, 0.717) is 32.8 Å². The Morgan fingerprint density at radius 3 is 2.81 bits per heavy atom. The summed E-state index contributed by atoms with van der Waals surface area (Å²) >= 11 is 5.93. The van der Waals surface area contributed by atoms with E-state index in [1.165, 1.54) is 6.07 Å². The largest absolute Gasteiger partial charge is 0.398 e. The summed E-state index contributed by atoms with van der Waals surface area (Å²) in [5, 5.41) is 10.2. The second kappa shape index (κ2) is 4.97. The number of ketones is 1. The fourth-order valence-electron chi connectivity index (χ4n) is 2.33. The molecule has 0 amide bonds. The van der Waals surface area contributed by atoms with Gasteiger partial charge in [-0.05, 0) is 30.3 Å². The maximum absolute atomic E-state index is 12.7. The van der Waals surface area contributed by atoms with Gasteiger partial charge in [-0.25, -0.2) is 0 Å². The van der Waals surface area contributed by atoms with Gasteiger partial charge in [0, 0.05) is 38.9 Å². The topological polar surface area (TPSA) is 82.7 Å². The lowest BCUT2D eigenvalue weighted by atomic mass is 9.99. The number of nitriles is 1. The molecule has 3 rings (SSSR count). The summed E-state index contributed by atoms with van der Waals surface area (Å²) in [5.74, 6) is -0.260. The predicted octanol–water partition coefficient (Wildman–Crippen LogP) is 3.51. The van der Waals surface area contributed by atoms with Crippen LogP contribution < -0.4 is 5.73 Å². The minimum absolute atomic E-state index is 0.260. The molecule has 3 N–H and O–H groups in total. The van der Waals surface area contributed by atoms with E-state index in [1.54, 1.807) is 30.5 Å². The number of nitrogens with two attached hydrogens (primary N) is 1. The van der Waals surface area contributed by atoms with Gasteiger partial charge in [-0.1, -0.05) is 17.7 Å². The van der Waals surface area contributed by atoms with Gasteiger partial charge < -0.3 is 10.7 Å². The number of benzene rings is 2. The van der Waals surface area contributed by atoms with E-state index in [4.69, 9.17) is 17.3 Å². The Hall–Kier alpha value is -2.77. The van der Waals surface area contributed by atoms with Crippen LogP contribution in [0.1, 0.15) is 21.5 Å². The molecular weight excluding hydrogens is 286 g/mol. The molecular formula is C16H10ClN3O. The molecule has 0 bridgehead atoms. The number of H-pyrrole nitrogens is 1. The number of hydrogen-bond donors (Lipinski definition) is 2. The first kappa shape index (κ1) is 13.2. The van der Waals surface area contributed by atoms with Gasteiger partial charge in [0.25, 0.3) is 0 Å². The Morgan fingerprint density at radius 2 is 2.05 bits per heavy atom. The van der Waals surface area contributed by atoms with Crippen LogP contribution in [-0.2, 0) is 0 Å². The molecule has 4 nitrogen and oxygen atoms in total. The van der Waals surface area contributed by atoms with Crippen molar-refractivity contribution in [3.8, 4) is 6.07 Å². The van der Waals surface area contributed by atoms with E-state index >= 15 is 0 Å². The van der Waals surface area contributed by atoms with E-state index in [9.17, 15) is 10.1 Å². The highest BCUT2D eigenvalue weighted by molar-refractivity contribution is 6.31. The molecule has 0 spiro atoms. The van der Waals surface area contributed by atoms with Crippen molar-refractivity contribution in [1.82, 2.24) is 4.98 Å². The third kappa shape index (κ3) is 2.14. The number of nitrogens with zero attached hydrogens (tertiary/aromatic N) is 1. The third-order valence-electron chi connectivity index (χ3n) is 3.33. The Labute approximate surface area is 125 Å². The van der Waals surface area contributed by atoms with Crippen molar-refractivity contribution in [3.63, 3.8) is 0 Å². The standard InChI is InChI=1S/C16H10ClN3O/c17-10-4-5-13(19)11(6-10)16(21)12-8-20-14-3-1-2-9(7-18)15(12)14/h1-6,8,20H,19H2. The van der Waals surface area contributed by atoms with Gasteiger partial charge in [0.1, 0.15) is 0 Å². The Morgan fingerprint density at radius 1 is 1.24 bits per heavy atom. The number of halogens is 1. The molecule has 3 aromatic rings. The van der Waals surface area contributed by atoms with Crippen molar-refractivity contribution >= 4 is 34.0 Å². The van der Waals surface area contributed by atoms with E-state index in [0.717, 1.165) is 5.52 Å². The van der Waals surface area contributed by atoms with Gasteiger partial charge in [0.2, 0.25) is 0 Å². The molecule has 0 aliphatic rings. The molecule has 0 unspecified atom stereocenters. The first-order chi connectivity index (χ1) is 10.1. The highest BCUT2D eigenvalue weighted by atomic mass is 35.5. The first-order valence-corrected chi connectivity index (χ1v) is 6.59. The smallest absolute Gasteiger partial charge is 0.197 e. The van der Waals surface area contributed by atoms with Gasteiger partial charge in [0.05, 0.1) is 11.6 Å². The quantitative estimate of drug-likeness (QED) is 0.560. The molecule has 102 valence electrons. The van der Waals surface area contributed by atoms with Gasteiger partial charge in [-0.15, -0.1) is 0 Å². The van der Waals surface area contributed by atoms with Crippen LogP contribution in [0, 0.1) is 11.3 Å². The van der Waals surface area contributed by atoms with Gasteiger partial charge >= 0.3 is 0 Å². The zero-order chi connectivity index (χ0) is 15.0. The van der Waals surface area contributed by atoms with Crippen molar-refractivity contribution in [2.75, 3.05) is 5.73 Å². The summed E-state index contributed by atoms with van der Waals surface area (Å²) in [6.07, 6.45) is 1.59. The molecule has 0 saturated heterocycles. The first-order valence-electron chi connectivity index (χ1n) is 6.21. The fourth-order valence-corrected chi connectivity index (χ4v) is 2.50. The predicted molar refractivity (Wildman–Crippen MR) is 82.3 cm³/mol. The average Bonchev–Trinajstić information content (AvgIpc) is 2.93. The number of carbonyl (C=O) groups excluding carboxylic acids is 1. The van der Waals surface area contributed by atoms with Crippen molar-refractivity contribution in [2.45, 2.75) is 0 Å². The third-order valence-corrected chi connectivity index (χ3v) is 3.57. The van der Waals surface area contributed by atoms with E-state index in [-0.39, 0.29) is 5.78 Å². The van der Waals surface area contributed by atoms with Crippen LogP contribution in [0.15, 0.2) is 42.6 Å². The van der Waals surface area contributed by atoms with Crippen molar-refractivity contribution in [2.24, 2.45) is 0 Å². The summed E-state index contributed by atoms with van der Waals surface area (Å²) in [5.41, 5.74) is 8.13. The zero-order valence-corrected chi connectivity index (χ0v) is 11.6. The summed E-state index contributed by atoms with van der Waals surface area (Å²) in [6, 6.07) is 12.1. The van der Waals surface area contributed by atoms with E-state index in [2.05, 4.69) is 11.1 Å². The van der Waals surface area contributed by atoms with Crippen molar-refractivity contribution in [1.29, 1.82) is 5.26 Å². The SMILES string of the molecule is N#Cc1cccc2[nH]cc(C(=O)c3cc(Cl)ccc3N)c12. The maximum atomic E-state index is 12.7. The number of fused-ring (bicyclic) bond motifs is 1. The van der Waals surface area contributed by atoms with Gasteiger partial charge in [0.15, 0.2) is 5.78 Å². The number of carbonyl (C=O) groups is 1. The summed E-state index contributed by atoms with van der Waals surface area (Å²) < 4.78 is 0. The number of nitrogens with one attached hydrogen (secondary N) is 1. The molecule has 2 aromatic carbocycles. The van der Waals surface area contributed by atoms with Crippen LogP contribution in [0.25, 0.3) is 10.9 Å². The lowest BCUT2D eigenvalue weighted by Crippen LogP contribution is -2.05. The van der Waals surface area contributed by atoms with E-state index < -0.39 is 0 Å². The zero-order valence-electron chi connectivity index (χ0n) is 10.9. The van der Waals surface area contributed by atoms with Crippen molar-refractivity contribution < 1.29 is 4.79 Å². The van der Waals surface area contributed by atoms with Crippen LogP contribution in [0.3, 0.4) is 0 Å². The lowest BCUT2D eigenvalue weighted by Gasteiger charge is -2.05. The molecule has 1 aromatic heterocycles. The Bertz CT molecular complexity index is 906. The highest BCUT2D eigenvalue weighted by Crippen LogP contribution is 2.27. The lowest BCUT2D eigenvalue weighted by molar-refractivity contribution is 0.104. The molecule has 0 aliphatic heterocycles. The highest BCUT2D eigenvalue weighted by Gasteiger charge is 2.18. The summed E-state index contributed by atoms with van der Waals surface area (Å²) in [4.78, 5) is 15.7. The van der Waals surface area contributed by atoms with Crippen LogP contribution in [-0.4, -0.2) is 10.8 Å². The minimum atomic E-state index is -0.260. The van der Waals surface area contributed by atoms with E-state index in [1.807, 2.05) is 6.07 Å². The Kier molecular flexibility index (Phi) is 3.13. The number of nitrogen functional groups attached to an aromatic ring is 1. The van der Waals surface area contributed by atoms with Crippen molar-refractivity contribution in [3.05, 3.63) is 64.3 Å². The maximum Gasteiger partial charge on any atom is 0.197 e. The number of hydrogen-bond acceptors (Lipinski definition) is 3. The molecule has 0 saturated carbocycles. The van der Waals surface area contributed by atoms with Crippen LogP contribution in [0.2, 0.25) is 5.02 Å². The normalized spacial score (nSPS) is 10.5. The number of anilines is 1. The second-order valence-corrected chi connectivity index (χ2v) is 5.04. The minimum Gasteiger partial charge on any atom is -0.398 e. The molecule has 21 heavy (non-hydrogen) atoms. The summed E-state index contributed by atoms with van der Waals surface area (Å²) in [6.45, 7) is 0. The molecule has 0 atom stereocenters. The van der Waals surface area contributed by atoms with Crippen LogP contribution in [0.4, 0.5) is 5.69 Å². The Balaban J connectivity index is 2.24. The van der Waals surface area contributed by atoms with Gasteiger partial charge in [-0.2, -0.15) is 5.26 Å².